The summed E-state index contributed by atoms with van der Waals surface area (Å²) in [4.78, 5) is 3.74. The largest absolute Gasteiger partial charge is 0.418 e. The van der Waals surface area contributed by atoms with Gasteiger partial charge in [0.25, 0.3) is 0 Å². The van der Waals surface area contributed by atoms with Gasteiger partial charge in [0.2, 0.25) is 0 Å². The van der Waals surface area contributed by atoms with Crippen LogP contribution < -0.4 is 5.32 Å². The van der Waals surface area contributed by atoms with Crippen LogP contribution in [0.4, 0.5) is 37.7 Å². The number of hydrogen-bond donors (Lipinski definition) is 1. The minimum atomic E-state index is -4.62. The van der Waals surface area contributed by atoms with Gasteiger partial charge in [0.15, 0.2) is 0 Å². The highest BCUT2D eigenvalue weighted by molar-refractivity contribution is 5.95. The maximum Gasteiger partial charge on any atom is 0.418 e. The monoisotopic (exact) mass is 356 g/mol. The Kier molecular flexibility index (Phi) is 4.06. The molecule has 3 rings (SSSR count). The van der Waals surface area contributed by atoms with Crippen LogP contribution in [-0.4, -0.2) is 4.98 Å². The quantitative estimate of drug-likeness (QED) is 0.568. The van der Waals surface area contributed by atoms with Gasteiger partial charge in [0.1, 0.15) is 0 Å². The molecule has 2 aromatic carbocycles. The Morgan fingerprint density at radius 3 is 2.00 bits per heavy atom. The van der Waals surface area contributed by atoms with Gasteiger partial charge in [0.05, 0.1) is 22.3 Å². The summed E-state index contributed by atoms with van der Waals surface area (Å²) in [6.07, 6.45) is -8.09. The molecular weight excluding hydrogens is 346 g/mol. The molecule has 0 saturated heterocycles. The van der Waals surface area contributed by atoms with E-state index in [9.17, 15) is 26.3 Å². The van der Waals surface area contributed by atoms with Gasteiger partial charge < -0.3 is 5.32 Å². The molecule has 130 valence electrons. The number of rotatable bonds is 2. The first-order valence-corrected chi connectivity index (χ1v) is 7.06. The fourth-order valence-corrected chi connectivity index (χ4v) is 2.50. The molecule has 0 radical (unpaired) electrons. The van der Waals surface area contributed by atoms with Crippen LogP contribution in [0, 0.1) is 0 Å². The minimum Gasteiger partial charge on any atom is -0.354 e. The first-order chi connectivity index (χ1) is 11.7. The second-order valence-electron chi connectivity index (χ2n) is 5.23. The topological polar surface area (TPSA) is 24.9 Å². The van der Waals surface area contributed by atoms with Crippen LogP contribution in [-0.2, 0) is 12.4 Å². The van der Waals surface area contributed by atoms with Crippen LogP contribution in [0.2, 0.25) is 0 Å². The molecular formula is C17H10F6N2. The Labute approximate surface area is 138 Å². The molecule has 0 fully saturated rings. The third-order valence-corrected chi connectivity index (χ3v) is 3.58. The number of hydrogen-bond acceptors (Lipinski definition) is 2. The third-order valence-electron chi connectivity index (χ3n) is 3.58. The lowest BCUT2D eigenvalue weighted by atomic mass is 10.1. The average molecular weight is 356 g/mol. The van der Waals surface area contributed by atoms with Crippen molar-refractivity contribution in [3.8, 4) is 0 Å². The summed E-state index contributed by atoms with van der Waals surface area (Å²) in [6.45, 7) is 0. The summed E-state index contributed by atoms with van der Waals surface area (Å²) in [5.41, 5.74) is -2.33. The maximum absolute atomic E-state index is 13.1. The summed E-state index contributed by atoms with van der Waals surface area (Å²) >= 11 is 0. The van der Waals surface area contributed by atoms with E-state index in [1.807, 2.05) is 0 Å². The lowest BCUT2D eigenvalue weighted by Crippen LogP contribution is -2.09. The average Bonchev–Trinajstić information content (AvgIpc) is 2.53. The van der Waals surface area contributed by atoms with Gasteiger partial charge in [-0.25, -0.2) is 0 Å². The van der Waals surface area contributed by atoms with Gasteiger partial charge in [-0.15, -0.1) is 0 Å². The summed E-state index contributed by atoms with van der Waals surface area (Å²) in [6, 6.07) is 9.51. The van der Waals surface area contributed by atoms with Crippen LogP contribution in [0.5, 0.6) is 0 Å². The standard InChI is InChI=1S/C17H10F6N2/c18-16(19,20)11-5-1-2-7-14(11)25-13-8-9-24-15-10(13)4-3-6-12(15)17(21,22)23/h1-9H,(H,24,25). The SMILES string of the molecule is FC(F)(F)c1ccccc1Nc1ccnc2c(C(F)(F)F)cccc12. The number of para-hydroxylation sites is 2. The van der Waals surface area contributed by atoms with Crippen molar-refractivity contribution in [3.05, 3.63) is 65.9 Å². The second-order valence-corrected chi connectivity index (χ2v) is 5.23. The van der Waals surface area contributed by atoms with E-state index in [0.29, 0.717) is 0 Å². The van der Waals surface area contributed by atoms with Crippen molar-refractivity contribution in [2.24, 2.45) is 0 Å². The molecule has 0 aliphatic rings. The van der Waals surface area contributed by atoms with Crippen molar-refractivity contribution >= 4 is 22.3 Å². The Hall–Kier alpha value is -2.77. The molecule has 8 heteroatoms. The van der Waals surface area contributed by atoms with E-state index in [-0.39, 0.29) is 22.3 Å². The van der Waals surface area contributed by atoms with Crippen LogP contribution in [0.3, 0.4) is 0 Å². The number of fused-ring (bicyclic) bond motifs is 1. The van der Waals surface area contributed by atoms with Crippen molar-refractivity contribution in [1.29, 1.82) is 0 Å². The van der Waals surface area contributed by atoms with Crippen molar-refractivity contribution in [2.45, 2.75) is 12.4 Å². The van der Waals surface area contributed by atoms with Crippen molar-refractivity contribution in [3.63, 3.8) is 0 Å². The predicted molar refractivity (Wildman–Crippen MR) is 81.5 cm³/mol. The zero-order valence-corrected chi connectivity index (χ0v) is 12.4. The Morgan fingerprint density at radius 1 is 0.680 bits per heavy atom. The normalized spacial score (nSPS) is 12.4. The highest BCUT2D eigenvalue weighted by Gasteiger charge is 2.34. The van der Waals surface area contributed by atoms with Crippen LogP contribution in [0.1, 0.15) is 11.1 Å². The number of benzene rings is 2. The Balaban J connectivity index is 2.13. The van der Waals surface area contributed by atoms with Gasteiger partial charge in [-0.1, -0.05) is 24.3 Å². The van der Waals surface area contributed by atoms with Crippen molar-refractivity contribution < 1.29 is 26.3 Å². The maximum atomic E-state index is 13.1. The number of anilines is 2. The van der Waals surface area contributed by atoms with Crippen molar-refractivity contribution in [2.75, 3.05) is 5.32 Å². The first kappa shape index (κ1) is 17.1. The van der Waals surface area contributed by atoms with Gasteiger partial charge in [-0.05, 0) is 24.3 Å². The first-order valence-electron chi connectivity index (χ1n) is 7.06. The van der Waals surface area contributed by atoms with E-state index < -0.39 is 23.5 Å². The van der Waals surface area contributed by atoms with E-state index in [1.165, 1.54) is 36.4 Å². The van der Waals surface area contributed by atoms with Crippen LogP contribution in [0.25, 0.3) is 10.9 Å². The van der Waals surface area contributed by atoms with Crippen LogP contribution in [0.15, 0.2) is 54.7 Å². The number of nitrogens with one attached hydrogen (secondary N) is 1. The molecule has 0 aliphatic carbocycles. The third kappa shape index (κ3) is 3.38. The molecule has 3 aromatic rings. The van der Waals surface area contributed by atoms with Gasteiger partial charge in [0, 0.05) is 17.3 Å². The summed E-state index contributed by atoms with van der Waals surface area (Å²) in [5, 5.41) is 2.65. The lowest BCUT2D eigenvalue weighted by Gasteiger charge is -2.16. The van der Waals surface area contributed by atoms with E-state index in [0.717, 1.165) is 18.3 Å². The molecule has 2 nitrogen and oxygen atoms in total. The van der Waals surface area contributed by atoms with Gasteiger partial charge >= 0.3 is 12.4 Å². The molecule has 1 aromatic heterocycles. The fourth-order valence-electron chi connectivity index (χ4n) is 2.50. The van der Waals surface area contributed by atoms with Gasteiger partial charge in [-0.3, -0.25) is 4.98 Å². The van der Waals surface area contributed by atoms with E-state index in [4.69, 9.17) is 0 Å². The highest BCUT2D eigenvalue weighted by atomic mass is 19.4. The van der Waals surface area contributed by atoms with E-state index >= 15 is 0 Å². The summed E-state index contributed by atoms with van der Waals surface area (Å²) in [5.74, 6) is 0. The predicted octanol–water partition coefficient (Wildman–Crippen LogP) is 6.02. The zero-order valence-electron chi connectivity index (χ0n) is 12.4. The van der Waals surface area contributed by atoms with E-state index in [2.05, 4.69) is 10.3 Å². The Bertz CT molecular complexity index is 915. The lowest BCUT2D eigenvalue weighted by molar-refractivity contribution is -0.137. The summed E-state index contributed by atoms with van der Waals surface area (Å²) < 4.78 is 78.5. The number of alkyl halides is 6. The van der Waals surface area contributed by atoms with Crippen LogP contribution >= 0.6 is 0 Å². The molecule has 0 aliphatic heterocycles. The molecule has 0 amide bonds. The van der Waals surface area contributed by atoms with E-state index in [1.54, 1.807) is 0 Å². The second kappa shape index (κ2) is 5.94. The van der Waals surface area contributed by atoms with Crippen molar-refractivity contribution in [1.82, 2.24) is 4.98 Å². The smallest absolute Gasteiger partial charge is 0.354 e. The summed E-state index contributed by atoms with van der Waals surface area (Å²) in [7, 11) is 0. The molecule has 1 heterocycles. The molecule has 25 heavy (non-hydrogen) atoms. The molecule has 1 N–H and O–H groups in total. The number of pyridine rings is 1. The fraction of sp³-hybridized carbons (Fsp3) is 0.118. The molecule has 0 unspecified atom stereocenters. The zero-order chi connectivity index (χ0) is 18.2. The molecule has 0 bridgehead atoms. The number of aromatic nitrogens is 1. The molecule has 0 atom stereocenters. The minimum absolute atomic E-state index is 0.0781. The number of halogens is 6. The highest BCUT2D eigenvalue weighted by Crippen LogP contribution is 2.39. The molecule has 0 saturated carbocycles. The number of nitrogens with zero attached hydrogens (tertiary/aromatic N) is 1. The Morgan fingerprint density at radius 2 is 1.32 bits per heavy atom. The molecule has 0 spiro atoms. The van der Waals surface area contributed by atoms with Gasteiger partial charge in [-0.2, -0.15) is 26.3 Å².